The van der Waals surface area contributed by atoms with Gasteiger partial charge in [0, 0.05) is 13.2 Å². The maximum atomic E-state index is 5.43. The Morgan fingerprint density at radius 3 is 2.69 bits per heavy atom. The van der Waals surface area contributed by atoms with E-state index < -0.39 is 0 Å². The Kier molecular flexibility index (Phi) is 5.17. The third kappa shape index (κ3) is 4.62. The molecule has 1 rings (SSSR count). The van der Waals surface area contributed by atoms with Crippen LogP contribution in [-0.4, -0.2) is 13.2 Å². The predicted octanol–water partition coefficient (Wildman–Crippen LogP) is 1.06. The van der Waals surface area contributed by atoms with Crippen LogP contribution in [0.1, 0.15) is 12.0 Å². The minimum Gasteiger partial charge on any atom is -0.377 e. The first-order valence-electron chi connectivity index (χ1n) is 4.48. The van der Waals surface area contributed by atoms with Crippen LogP contribution < -0.4 is 11.3 Å². The average Bonchev–Trinajstić information content (AvgIpc) is 2.19. The van der Waals surface area contributed by atoms with E-state index in [9.17, 15) is 0 Å². The molecule has 0 radical (unpaired) electrons. The highest BCUT2D eigenvalue weighted by atomic mass is 16.5. The summed E-state index contributed by atoms with van der Waals surface area (Å²) in [5.41, 5.74) is 3.80. The lowest BCUT2D eigenvalue weighted by Crippen LogP contribution is -2.23. The standard InChI is InChI=1S/C10H16N2O/c11-12-7-4-8-13-9-10-5-2-1-3-6-10/h1-3,5-6,12H,4,7-9,11H2. The van der Waals surface area contributed by atoms with Gasteiger partial charge < -0.3 is 4.74 Å². The van der Waals surface area contributed by atoms with Gasteiger partial charge in [0.05, 0.1) is 6.61 Å². The molecular weight excluding hydrogens is 164 g/mol. The van der Waals surface area contributed by atoms with Crippen LogP contribution in [0.3, 0.4) is 0 Å². The Balaban J connectivity index is 2.07. The molecule has 1 aromatic carbocycles. The van der Waals surface area contributed by atoms with Crippen LogP contribution in [0.5, 0.6) is 0 Å². The molecular formula is C10H16N2O. The number of ether oxygens (including phenoxy) is 1. The summed E-state index contributed by atoms with van der Waals surface area (Å²) in [5.74, 6) is 5.12. The number of rotatable bonds is 6. The van der Waals surface area contributed by atoms with Crippen molar-refractivity contribution in [3.8, 4) is 0 Å². The zero-order valence-corrected chi connectivity index (χ0v) is 7.70. The second-order valence-corrected chi connectivity index (χ2v) is 2.85. The Morgan fingerprint density at radius 2 is 2.00 bits per heavy atom. The summed E-state index contributed by atoms with van der Waals surface area (Å²) in [4.78, 5) is 0. The highest BCUT2D eigenvalue weighted by Crippen LogP contribution is 2.00. The first kappa shape index (κ1) is 10.2. The second kappa shape index (κ2) is 6.60. The Hall–Kier alpha value is -0.900. The summed E-state index contributed by atoms with van der Waals surface area (Å²) in [7, 11) is 0. The van der Waals surface area contributed by atoms with Gasteiger partial charge in [-0.1, -0.05) is 30.3 Å². The zero-order valence-electron chi connectivity index (χ0n) is 7.70. The van der Waals surface area contributed by atoms with Gasteiger partial charge in [-0.05, 0) is 12.0 Å². The van der Waals surface area contributed by atoms with Gasteiger partial charge in [-0.15, -0.1) is 0 Å². The SMILES string of the molecule is NNCCCOCc1ccccc1. The molecule has 0 spiro atoms. The van der Waals surface area contributed by atoms with Crippen molar-refractivity contribution in [3.63, 3.8) is 0 Å². The summed E-state index contributed by atoms with van der Waals surface area (Å²) in [6.07, 6.45) is 0.948. The van der Waals surface area contributed by atoms with Gasteiger partial charge >= 0.3 is 0 Å². The maximum absolute atomic E-state index is 5.43. The van der Waals surface area contributed by atoms with Crippen molar-refractivity contribution in [2.45, 2.75) is 13.0 Å². The topological polar surface area (TPSA) is 47.3 Å². The summed E-state index contributed by atoms with van der Waals surface area (Å²) in [5, 5.41) is 0. The summed E-state index contributed by atoms with van der Waals surface area (Å²) in [6.45, 7) is 2.24. The monoisotopic (exact) mass is 180 g/mol. The molecule has 3 N–H and O–H groups in total. The Morgan fingerprint density at radius 1 is 1.23 bits per heavy atom. The molecule has 0 aromatic heterocycles. The van der Waals surface area contributed by atoms with Crippen LogP contribution in [0.15, 0.2) is 30.3 Å². The number of hydrogen-bond donors (Lipinski definition) is 2. The fraction of sp³-hybridized carbons (Fsp3) is 0.400. The molecule has 0 saturated carbocycles. The first-order chi connectivity index (χ1) is 6.43. The lowest BCUT2D eigenvalue weighted by molar-refractivity contribution is 0.118. The maximum Gasteiger partial charge on any atom is 0.0716 e. The van der Waals surface area contributed by atoms with E-state index in [1.807, 2.05) is 18.2 Å². The van der Waals surface area contributed by atoms with Crippen LogP contribution in [-0.2, 0) is 11.3 Å². The Bertz CT molecular complexity index is 213. The third-order valence-electron chi connectivity index (χ3n) is 1.72. The molecule has 0 aliphatic rings. The van der Waals surface area contributed by atoms with Crippen molar-refractivity contribution in [2.75, 3.05) is 13.2 Å². The van der Waals surface area contributed by atoms with Crippen molar-refractivity contribution < 1.29 is 4.74 Å². The number of nitrogens with one attached hydrogen (secondary N) is 1. The zero-order chi connectivity index (χ0) is 9.36. The highest BCUT2D eigenvalue weighted by molar-refractivity contribution is 5.13. The van der Waals surface area contributed by atoms with E-state index >= 15 is 0 Å². The van der Waals surface area contributed by atoms with Crippen molar-refractivity contribution >= 4 is 0 Å². The van der Waals surface area contributed by atoms with E-state index in [1.54, 1.807) is 0 Å². The van der Waals surface area contributed by atoms with E-state index in [1.165, 1.54) is 5.56 Å². The van der Waals surface area contributed by atoms with Crippen LogP contribution >= 0.6 is 0 Å². The molecule has 3 nitrogen and oxygen atoms in total. The normalized spacial score (nSPS) is 10.2. The van der Waals surface area contributed by atoms with Gasteiger partial charge in [-0.25, -0.2) is 0 Å². The molecule has 72 valence electrons. The van der Waals surface area contributed by atoms with E-state index in [2.05, 4.69) is 17.6 Å². The lowest BCUT2D eigenvalue weighted by Gasteiger charge is -2.03. The predicted molar refractivity (Wildman–Crippen MR) is 52.9 cm³/mol. The molecule has 1 aromatic rings. The van der Waals surface area contributed by atoms with Crippen LogP contribution in [0.4, 0.5) is 0 Å². The molecule has 3 heteroatoms. The third-order valence-corrected chi connectivity index (χ3v) is 1.72. The lowest BCUT2D eigenvalue weighted by atomic mass is 10.2. The minimum absolute atomic E-state index is 0.686. The molecule has 0 unspecified atom stereocenters. The van der Waals surface area contributed by atoms with Gasteiger partial charge in [-0.2, -0.15) is 0 Å². The van der Waals surface area contributed by atoms with Crippen molar-refractivity contribution in [1.29, 1.82) is 0 Å². The smallest absolute Gasteiger partial charge is 0.0716 e. The van der Waals surface area contributed by atoms with Crippen LogP contribution in [0.25, 0.3) is 0 Å². The number of benzene rings is 1. The van der Waals surface area contributed by atoms with Gasteiger partial charge in [0.2, 0.25) is 0 Å². The van der Waals surface area contributed by atoms with Crippen LogP contribution in [0, 0.1) is 0 Å². The van der Waals surface area contributed by atoms with E-state index in [0.717, 1.165) is 19.6 Å². The minimum atomic E-state index is 0.686. The molecule has 0 amide bonds. The van der Waals surface area contributed by atoms with Gasteiger partial charge in [0.15, 0.2) is 0 Å². The molecule has 0 atom stereocenters. The van der Waals surface area contributed by atoms with Crippen molar-refractivity contribution in [3.05, 3.63) is 35.9 Å². The average molecular weight is 180 g/mol. The Labute approximate surface area is 78.9 Å². The summed E-state index contributed by atoms with van der Waals surface area (Å²) < 4.78 is 5.43. The molecule has 0 aliphatic carbocycles. The van der Waals surface area contributed by atoms with Gasteiger partial charge in [0.1, 0.15) is 0 Å². The highest BCUT2D eigenvalue weighted by Gasteiger charge is 1.90. The molecule has 13 heavy (non-hydrogen) atoms. The summed E-state index contributed by atoms with van der Waals surface area (Å²) in [6, 6.07) is 10.1. The van der Waals surface area contributed by atoms with Crippen molar-refractivity contribution in [1.82, 2.24) is 5.43 Å². The summed E-state index contributed by atoms with van der Waals surface area (Å²) >= 11 is 0. The van der Waals surface area contributed by atoms with Crippen LogP contribution in [0.2, 0.25) is 0 Å². The first-order valence-corrected chi connectivity index (χ1v) is 4.48. The fourth-order valence-electron chi connectivity index (χ4n) is 1.04. The number of hydrogen-bond acceptors (Lipinski definition) is 3. The second-order valence-electron chi connectivity index (χ2n) is 2.85. The quantitative estimate of drug-likeness (QED) is 0.391. The number of hydrazine groups is 1. The van der Waals surface area contributed by atoms with E-state index in [-0.39, 0.29) is 0 Å². The van der Waals surface area contributed by atoms with E-state index in [0.29, 0.717) is 6.61 Å². The van der Waals surface area contributed by atoms with Crippen molar-refractivity contribution in [2.24, 2.45) is 5.84 Å². The molecule has 0 saturated heterocycles. The fourth-order valence-corrected chi connectivity index (χ4v) is 1.04. The number of nitrogens with two attached hydrogens (primary N) is 1. The molecule has 0 fully saturated rings. The molecule has 0 heterocycles. The van der Waals surface area contributed by atoms with Gasteiger partial charge in [-0.3, -0.25) is 11.3 Å². The molecule has 0 aliphatic heterocycles. The van der Waals surface area contributed by atoms with E-state index in [4.69, 9.17) is 10.6 Å². The van der Waals surface area contributed by atoms with Gasteiger partial charge in [0.25, 0.3) is 0 Å². The largest absolute Gasteiger partial charge is 0.377 e. The molecule has 0 bridgehead atoms.